The smallest absolute Gasteiger partial charge is 0.152 e. The van der Waals surface area contributed by atoms with Crippen LogP contribution >= 0.6 is 27.5 Å². The Kier molecular flexibility index (Phi) is 4.66. The highest BCUT2D eigenvalue weighted by atomic mass is 79.9. The van der Waals surface area contributed by atoms with E-state index in [2.05, 4.69) is 21.2 Å². The van der Waals surface area contributed by atoms with Crippen LogP contribution in [0.2, 0.25) is 5.02 Å². The molecule has 2 aromatic carbocycles. The van der Waals surface area contributed by atoms with Crippen molar-refractivity contribution in [3.8, 4) is 0 Å². The van der Waals surface area contributed by atoms with Crippen molar-refractivity contribution in [2.24, 2.45) is 0 Å². The first-order valence-electron chi connectivity index (χ1n) is 6.06. The van der Waals surface area contributed by atoms with Crippen LogP contribution in [0.1, 0.15) is 24.1 Å². The van der Waals surface area contributed by atoms with E-state index in [0.717, 1.165) is 10.0 Å². The summed E-state index contributed by atoms with van der Waals surface area (Å²) >= 11 is 9.46. The summed E-state index contributed by atoms with van der Waals surface area (Å²) in [4.78, 5) is 0. The zero-order valence-electron chi connectivity index (χ0n) is 11.0. The van der Waals surface area contributed by atoms with Crippen LogP contribution in [-0.4, -0.2) is 0 Å². The molecule has 0 spiro atoms. The van der Waals surface area contributed by atoms with Gasteiger partial charge in [-0.3, -0.25) is 0 Å². The van der Waals surface area contributed by atoms with Crippen LogP contribution in [0.25, 0.3) is 0 Å². The zero-order chi connectivity index (χ0) is 14.9. The molecule has 0 radical (unpaired) electrons. The van der Waals surface area contributed by atoms with Crippen LogP contribution in [-0.2, 0) is 0 Å². The molecule has 0 fully saturated rings. The molecule has 0 aromatic heterocycles. The fourth-order valence-corrected chi connectivity index (χ4v) is 2.77. The van der Waals surface area contributed by atoms with Crippen molar-refractivity contribution < 1.29 is 8.78 Å². The van der Waals surface area contributed by atoms with Gasteiger partial charge >= 0.3 is 0 Å². The third kappa shape index (κ3) is 3.13. The predicted octanol–water partition coefficient (Wildman–Crippen LogP) is 5.86. The molecule has 20 heavy (non-hydrogen) atoms. The van der Waals surface area contributed by atoms with Crippen molar-refractivity contribution in [1.82, 2.24) is 0 Å². The number of aryl methyl sites for hydroxylation is 1. The second kappa shape index (κ2) is 6.10. The number of halogens is 4. The van der Waals surface area contributed by atoms with E-state index in [4.69, 9.17) is 11.6 Å². The fraction of sp³-hybridized carbons (Fsp3) is 0.200. The molecule has 2 aromatic rings. The predicted molar refractivity (Wildman–Crippen MR) is 82.3 cm³/mol. The Morgan fingerprint density at radius 3 is 2.55 bits per heavy atom. The summed E-state index contributed by atoms with van der Waals surface area (Å²) in [6.07, 6.45) is 0. The van der Waals surface area contributed by atoms with Gasteiger partial charge in [0, 0.05) is 9.50 Å². The summed E-state index contributed by atoms with van der Waals surface area (Å²) < 4.78 is 28.5. The molecule has 0 aliphatic rings. The van der Waals surface area contributed by atoms with Gasteiger partial charge in [-0.25, -0.2) is 8.78 Å². The zero-order valence-corrected chi connectivity index (χ0v) is 13.3. The highest BCUT2D eigenvalue weighted by Crippen LogP contribution is 2.31. The highest BCUT2D eigenvalue weighted by Gasteiger charge is 2.16. The van der Waals surface area contributed by atoms with Gasteiger partial charge in [-0.1, -0.05) is 39.7 Å². The maximum atomic E-state index is 14.0. The van der Waals surface area contributed by atoms with Crippen molar-refractivity contribution in [3.63, 3.8) is 0 Å². The normalized spacial score (nSPS) is 12.3. The Bertz CT molecular complexity index is 646. The molecule has 0 aliphatic carbocycles. The van der Waals surface area contributed by atoms with Crippen LogP contribution in [0, 0.1) is 18.6 Å². The van der Waals surface area contributed by atoms with Gasteiger partial charge in [0.1, 0.15) is 11.5 Å². The summed E-state index contributed by atoms with van der Waals surface area (Å²) in [5, 5.41) is 3.38. The van der Waals surface area contributed by atoms with Crippen LogP contribution < -0.4 is 5.32 Å². The van der Waals surface area contributed by atoms with E-state index in [-0.39, 0.29) is 11.7 Å². The molecule has 1 nitrogen and oxygen atoms in total. The third-order valence-electron chi connectivity index (χ3n) is 3.07. The number of benzene rings is 2. The van der Waals surface area contributed by atoms with Crippen molar-refractivity contribution in [2.75, 3.05) is 5.32 Å². The van der Waals surface area contributed by atoms with Crippen LogP contribution in [0.5, 0.6) is 0 Å². The topological polar surface area (TPSA) is 12.0 Å². The minimum Gasteiger partial charge on any atom is -0.374 e. The lowest BCUT2D eigenvalue weighted by molar-refractivity contribution is 0.579. The second-order valence-electron chi connectivity index (χ2n) is 4.59. The molecule has 1 atom stereocenters. The first-order valence-corrected chi connectivity index (χ1v) is 7.23. The van der Waals surface area contributed by atoms with Crippen molar-refractivity contribution in [2.45, 2.75) is 19.9 Å². The lowest BCUT2D eigenvalue weighted by Gasteiger charge is -2.18. The summed E-state index contributed by atoms with van der Waals surface area (Å²) in [5.41, 5.74) is 1.04. The molecule has 0 saturated heterocycles. The average Bonchev–Trinajstić information content (AvgIpc) is 2.39. The lowest BCUT2D eigenvalue weighted by atomic mass is 10.1. The molecule has 0 bridgehead atoms. The van der Waals surface area contributed by atoms with E-state index in [9.17, 15) is 8.78 Å². The number of rotatable bonds is 3. The van der Waals surface area contributed by atoms with Gasteiger partial charge < -0.3 is 5.32 Å². The monoisotopic (exact) mass is 359 g/mol. The third-order valence-corrected chi connectivity index (χ3v) is 3.89. The van der Waals surface area contributed by atoms with Crippen molar-refractivity contribution >= 4 is 33.2 Å². The van der Waals surface area contributed by atoms with Crippen molar-refractivity contribution in [1.29, 1.82) is 0 Å². The molecule has 0 aliphatic heterocycles. The molecule has 1 unspecified atom stereocenters. The van der Waals surface area contributed by atoms with E-state index in [1.807, 2.05) is 12.1 Å². The maximum Gasteiger partial charge on any atom is 0.152 e. The SMILES string of the molecule is Cc1ccc(F)c(NC(C)c2ccc(Br)cc2Cl)c1F. The summed E-state index contributed by atoms with van der Waals surface area (Å²) in [6.45, 7) is 3.40. The van der Waals surface area contributed by atoms with E-state index in [1.54, 1.807) is 19.9 Å². The fourth-order valence-electron chi connectivity index (χ4n) is 1.94. The first-order chi connectivity index (χ1) is 9.40. The first kappa shape index (κ1) is 15.3. The maximum absolute atomic E-state index is 14.0. The minimum absolute atomic E-state index is 0.128. The molecule has 0 saturated carbocycles. The number of hydrogen-bond donors (Lipinski definition) is 1. The van der Waals surface area contributed by atoms with Crippen LogP contribution in [0.4, 0.5) is 14.5 Å². The molecule has 1 N–H and O–H groups in total. The van der Waals surface area contributed by atoms with Gasteiger partial charge in [0.15, 0.2) is 5.82 Å². The van der Waals surface area contributed by atoms with Gasteiger partial charge in [0.2, 0.25) is 0 Å². The van der Waals surface area contributed by atoms with Gasteiger partial charge in [0.25, 0.3) is 0 Å². The summed E-state index contributed by atoms with van der Waals surface area (Å²) in [5.74, 6) is -1.20. The number of nitrogens with one attached hydrogen (secondary N) is 1. The highest BCUT2D eigenvalue weighted by molar-refractivity contribution is 9.10. The van der Waals surface area contributed by atoms with E-state index >= 15 is 0 Å². The molecule has 106 valence electrons. The number of anilines is 1. The Hall–Kier alpha value is -1.13. The minimum atomic E-state index is -0.617. The molecular weight excluding hydrogens is 348 g/mol. The molecule has 0 heterocycles. The molecule has 5 heteroatoms. The van der Waals surface area contributed by atoms with Gasteiger partial charge in [0.05, 0.1) is 6.04 Å². The van der Waals surface area contributed by atoms with Gasteiger partial charge in [-0.15, -0.1) is 0 Å². The Morgan fingerprint density at radius 1 is 1.20 bits per heavy atom. The van der Waals surface area contributed by atoms with Crippen LogP contribution in [0.3, 0.4) is 0 Å². The Balaban J connectivity index is 2.32. The molecular formula is C15H13BrClF2N. The Morgan fingerprint density at radius 2 is 1.90 bits per heavy atom. The quantitative estimate of drug-likeness (QED) is 0.722. The van der Waals surface area contributed by atoms with E-state index < -0.39 is 11.6 Å². The Labute approximate surface area is 130 Å². The molecule has 0 amide bonds. The van der Waals surface area contributed by atoms with E-state index in [0.29, 0.717) is 10.6 Å². The summed E-state index contributed by atoms with van der Waals surface area (Å²) in [7, 11) is 0. The van der Waals surface area contributed by atoms with Crippen molar-refractivity contribution in [3.05, 3.63) is 62.6 Å². The standard InChI is InChI=1S/C15H13BrClF2N/c1-8-3-6-13(18)15(14(8)19)20-9(2)11-5-4-10(16)7-12(11)17/h3-7,9,20H,1-2H3. The largest absolute Gasteiger partial charge is 0.374 e. The van der Waals surface area contributed by atoms with Gasteiger partial charge in [-0.05, 0) is 43.2 Å². The average molecular weight is 361 g/mol. The second-order valence-corrected chi connectivity index (χ2v) is 5.91. The van der Waals surface area contributed by atoms with Crippen LogP contribution in [0.15, 0.2) is 34.8 Å². The number of hydrogen-bond acceptors (Lipinski definition) is 1. The van der Waals surface area contributed by atoms with Gasteiger partial charge in [-0.2, -0.15) is 0 Å². The van der Waals surface area contributed by atoms with E-state index in [1.165, 1.54) is 12.1 Å². The lowest BCUT2D eigenvalue weighted by Crippen LogP contribution is -2.10. The molecule has 2 rings (SSSR count). The summed E-state index contributed by atoms with van der Waals surface area (Å²) in [6, 6.07) is 7.74.